The molecular formula is C17H24N2O4S. The van der Waals surface area contributed by atoms with Crippen molar-refractivity contribution >= 4 is 15.9 Å². The molecule has 2 N–H and O–H groups in total. The summed E-state index contributed by atoms with van der Waals surface area (Å²) < 4.78 is 33.2. The van der Waals surface area contributed by atoms with Gasteiger partial charge in [0.2, 0.25) is 15.9 Å². The van der Waals surface area contributed by atoms with Crippen molar-refractivity contribution in [3.05, 3.63) is 36.9 Å². The Morgan fingerprint density at radius 1 is 1.25 bits per heavy atom. The summed E-state index contributed by atoms with van der Waals surface area (Å²) in [7, 11) is -2.29. The topological polar surface area (TPSA) is 84.5 Å². The van der Waals surface area contributed by atoms with Crippen LogP contribution in [0.4, 0.5) is 0 Å². The molecule has 1 saturated carbocycles. The highest BCUT2D eigenvalue weighted by atomic mass is 32.2. The lowest BCUT2D eigenvalue weighted by molar-refractivity contribution is -0.128. The van der Waals surface area contributed by atoms with Crippen LogP contribution < -0.4 is 14.8 Å². The minimum Gasteiger partial charge on any atom is -0.497 e. The molecule has 2 rings (SSSR count). The van der Waals surface area contributed by atoms with E-state index < -0.39 is 15.6 Å². The Morgan fingerprint density at radius 3 is 2.42 bits per heavy atom. The van der Waals surface area contributed by atoms with Gasteiger partial charge in [-0.1, -0.05) is 25.3 Å². The molecule has 1 fully saturated rings. The van der Waals surface area contributed by atoms with Crippen molar-refractivity contribution in [2.24, 2.45) is 0 Å². The molecule has 132 valence electrons. The Hall–Kier alpha value is -1.86. The van der Waals surface area contributed by atoms with Gasteiger partial charge in [0.15, 0.2) is 0 Å². The number of hydrogen-bond acceptors (Lipinski definition) is 4. The summed E-state index contributed by atoms with van der Waals surface area (Å²) in [5.74, 6) is 0.282. The third-order valence-electron chi connectivity index (χ3n) is 4.25. The molecule has 0 aromatic heterocycles. The van der Waals surface area contributed by atoms with E-state index in [1.54, 1.807) is 18.2 Å². The van der Waals surface area contributed by atoms with Crippen molar-refractivity contribution in [3.63, 3.8) is 0 Å². The first-order valence-electron chi connectivity index (χ1n) is 8.01. The molecule has 0 unspecified atom stereocenters. The van der Waals surface area contributed by atoms with E-state index in [4.69, 9.17) is 4.74 Å². The summed E-state index contributed by atoms with van der Waals surface area (Å²) in [6.45, 7) is 3.88. The summed E-state index contributed by atoms with van der Waals surface area (Å²) in [5.41, 5.74) is -1.10. The summed E-state index contributed by atoms with van der Waals surface area (Å²) in [5, 5.41) is 2.73. The molecule has 7 heteroatoms. The van der Waals surface area contributed by atoms with Crippen LogP contribution in [0.2, 0.25) is 0 Å². The average Bonchev–Trinajstić information content (AvgIpc) is 2.60. The van der Waals surface area contributed by atoms with Crippen molar-refractivity contribution < 1.29 is 17.9 Å². The van der Waals surface area contributed by atoms with Crippen molar-refractivity contribution in [3.8, 4) is 5.75 Å². The Balaban J connectivity index is 2.26. The normalized spacial score (nSPS) is 17.0. The van der Waals surface area contributed by atoms with Crippen LogP contribution in [0, 0.1) is 0 Å². The van der Waals surface area contributed by atoms with Gasteiger partial charge in [0.25, 0.3) is 0 Å². The van der Waals surface area contributed by atoms with Gasteiger partial charge >= 0.3 is 0 Å². The number of ether oxygens (including phenoxy) is 1. The van der Waals surface area contributed by atoms with E-state index in [0.29, 0.717) is 25.1 Å². The number of carbonyl (C=O) groups excluding carboxylic acids is 1. The van der Waals surface area contributed by atoms with Crippen LogP contribution in [-0.4, -0.2) is 33.5 Å². The number of sulfonamides is 1. The second kappa shape index (κ2) is 7.81. The largest absolute Gasteiger partial charge is 0.497 e. The molecule has 0 saturated heterocycles. The maximum atomic E-state index is 12.7. The van der Waals surface area contributed by atoms with E-state index in [1.165, 1.54) is 19.2 Å². The van der Waals surface area contributed by atoms with Crippen LogP contribution in [0.3, 0.4) is 0 Å². The van der Waals surface area contributed by atoms with Gasteiger partial charge in [-0.25, -0.2) is 8.42 Å². The number of nitrogens with one attached hydrogen (secondary N) is 2. The highest BCUT2D eigenvalue weighted by molar-refractivity contribution is 7.89. The monoisotopic (exact) mass is 352 g/mol. The zero-order chi connectivity index (χ0) is 17.6. The first-order valence-corrected chi connectivity index (χ1v) is 9.49. The zero-order valence-electron chi connectivity index (χ0n) is 13.9. The Kier molecular flexibility index (Phi) is 6.01. The SMILES string of the molecule is C=CCNC(=O)C1(NS(=O)(=O)c2ccc(OC)cc2)CCCCC1. The third kappa shape index (κ3) is 4.15. The molecule has 1 aliphatic rings. The first kappa shape index (κ1) is 18.5. The van der Waals surface area contributed by atoms with Gasteiger partial charge in [0, 0.05) is 6.54 Å². The molecule has 1 aromatic carbocycles. The lowest BCUT2D eigenvalue weighted by Gasteiger charge is -2.36. The van der Waals surface area contributed by atoms with Crippen LogP contribution in [-0.2, 0) is 14.8 Å². The Bertz CT molecular complexity index is 677. The van der Waals surface area contributed by atoms with E-state index in [0.717, 1.165) is 19.3 Å². The lowest BCUT2D eigenvalue weighted by atomic mass is 9.82. The molecule has 0 heterocycles. The summed E-state index contributed by atoms with van der Waals surface area (Å²) in [4.78, 5) is 12.7. The Labute approximate surface area is 143 Å². The third-order valence-corrected chi connectivity index (χ3v) is 5.80. The van der Waals surface area contributed by atoms with E-state index in [1.807, 2.05) is 0 Å². The van der Waals surface area contributed by atoms with Crippen molar-refractivity contribution in [1.29, 1.82) is 0 Å². The summed E-state index contributed by atoms with van der Waals surface area (Å²) in [6, 6.07) is 6.11. The van der Waals surface area contributed by atoms with E-state index in [9.17, 15) is 13.2 Å². The van der Waals surface area contributed by atoms with Crippen LogP contribution in [0.15, 0.2) is 41.8 Å². The minimum atomic E-state index is -3.81. The number of amides is 1. The maximum Gasteiger partial charge on any atom is 0.241 e. The number of rotatable bonds is 7. The molecule has 1 amide bonds. The number of carbonyl (C=O) groups is 1. The standard InChI is InChI=1S/C17H24N2O4S/c1-3-13-18-16(20)17(11-5-4-6-12-17)19-24(21,22)15-9-7-14(23-2)8-10-15/h3,7-10,19H,1,4-6,11-13H2,2H3,(H,18,20). The lowest BCUT2D eigenvalue weighted by Crippen LogP contribution is -2.59. The average molecular weight is 352 g/mol. The van der Waals surface area contributed by atoms with Gasteiger partial charge in [-0.15, -0.1) is 6.58 Å². The van der Waals surface area contributed by atoms with Gasteiger partial charge in [0.1, 0.15) is 11.3 Å². The molecule has 6 nitrogen and oxygen atoms in total. The maximum absolute atomic E-state index is 12.7. The fraction of sp³-hybridized carbons (Fsp3) is 0.471. The molecular weight excluding hydrogens is 328 g/mol. The predicted octanol–water partition coefficient (Wildman–Crippen LogP) is 1.98. The zero-order valence-corrected chi connectivity index (χ0v) is 14.7. The molecule has 0 bridgehead atoms. The van der Waals surface area contributed by atoms with Crippen LogP contribution >= 0.6 is 0 Å². The van der Waals surface area contributed by atoms with E-state index in [2.05, 4.69) is 16.6 Å². The van der Waals surface area contributed by atoms with E-state index >= 15 is 0 Å². The quantitative estimate of drug-likeness (QED) is 0.735. The number of methoxy groups -OCH3 is 1. The van der Waals surface area contributed by atoms with Gasteiger partial charge in [0.05, 0.1) is 12.0 Å². The summed E-state index contributed by atoms with van der Waals surface area (Å²) >= 11 is 0. The molecule has 0 atom stereocenters. The van der Waals surface area contributed by atoms with Gasteiger partial charge in [-0.3, -0.25) is 4.79 Å². The van der Waals surface area contributed by atoms with Gasteiger partial charge in [-0.2, -0.15) is 4.72 Å². The smallest absolute Gasteiger partial charge is 0.241 e. The molecule has 0 spiro atoms. The summed E-state index contributed by atoms with van der Waals surface area (Å²) in [6.07, 6.45) is 5.18. The molecule has 0 radical (unpaired) electrons. The second-order valence-electron chi connectivity index (χ2n) is 5.92. The van der Waals surface area contributed by atoms with Crippen LogP contribution in [0.25, 0.3) is 0 Å². The predicted molar refractivity (Wildman–Crippen MR) is 92.3 cm³/mol. The minimum absolute atomic E-state index is 0.116. The molecule has 24 heavy (non-hydrogen) atoms. The van der Waals surface area contributed by atoms with Crippen LogP contribution in [0.5, 0.6) is 5.75 Å². The van der Waals surface area contributed by atoms with Crippen LogP contribution in [0.1, 0.15) is 32.1 Å². The molecule has 1 aromatic rings. The Morgan fingerprint density at radius 2 is 1.88 bits per heavy atom. The van der Waals surface area contributed by atoms with E-state index in [-0.39, 0.29) is 10.8 Å². The fourth-order valence-corrected chi connectivity index (χ4v) is 4.36. The molecule has 1 aliphatic carbocycles. The van der Waals surface area contributed by atoms with Gasteiger partial charge in [-0.05, 0) is 37.1 Å². The van der Waals surface area contributed by atoms with Crippen molar-refractivity contribution in [2.75, 3.05) is 13.7 Å². The van der Waals surface area contributed by atoms with Crippen molar-refractivity contribution in [1.82, 2.24) is 10.0 Å². The highest BCUT2D eigenvalue weighted by Crippen LogP contribution is 2.30. The fourth-order valence-electron chi connectivity index (χ4n) is 2.94. The van der Waals surface area contributed by atoms with Crippen molar-refractivity contribution in [2.45, 2.75) is 42.5 Å². The number of hydrogen-bond donors (Lipinski definition) is 2. The first-order chi connectivity index (χ1) is 11.4. The molecule has 0 aliphatic heterocycles. The second-order valence-corrected chi connectivity index (χ2v) is 7.60. The highest BCUT2D eigenvalue weighted by Gasteiger charge is 2.42. The number of benzene rings is 1. The van der Waals surface area contributed by atoms with Gasteiger partial charge < -0.3 is 10.1 Å².